The van der Waals surface area contributed by atoms with E-state index < -0.39 is 8.07 Å². The highest BCUT2D eigenvalue weighted by Crippen LogP contribution is 2.43. The first-order valence-electron chi connectivity index (χ1n) is 18.1. The number of benzene rings is 8. The molecule has 3 heterocycles. The van der Waals surface area contributed by atoms with Gasteiger partial charge in [-0.3, -0.25) is 0 Å². The van der Waals surface area contributed by atoms with Gasteiger partial charge in [-0.1, -0.05) is 158 Å². The highest BCUT2D eigenvalue weighted by atomic mass is 28.3. The molecular formula is C48H32BNOSi. The molecular weight excluding hydrogens is 645 g/mol. The third kappa shape index (κ3) is 4.07. The average Bonchev–Trinajstić information content (AvgIpc) is 3.51. The summed E-state index contributed by atoms with van der Waals surface area (Å²) in [6, 6.07) is 71.7. The Bertz CT molecular complexity index is 2620. The average molecular weight is 678 g/mol. The van der Waals surface area contributed by atoms with Crippen molar-refractivity contribution in [2.45, 2.75) is 0 Å². The van der Waals surface area contributed by atoms with Crippen LogP contribution in [0.5, 0.6) is 11.5 Å². The molecule has 0 saturated heterocycles. The van der Waals surface area contributed by atoms with Gasteiger partial charge in [0.05, 0.1) is 0 Å². The van der Waals surface area contributed by atoms with Crippen molar-refractivity contribution < 1.29 is 4.74 Å². The fourth-order valence-electron chi connectivity index (χ4n) is 9.28. The molecule has 3 aliphatic heterocycles. The highest BCUT2D eigenvalue weighted by Gasteiger charge is 2.51. The Kier molecular flexibility index (Phi) is 6.40. The number of hydrogen-bond acceptors (Lipinski definition) is 2. The van der Waals surface area contributed by atoms with Crippen LogP contribution in [0.2, 0.25) is 0 Å². The Morgan fingerprint density at radius 3 is 1.81 bits per heavy atom. The van der Waals surface area contributed by atoms with E-state index in [4.69, 9.17) is 4.74 Å². The van der Waals surface area contributed by atoms with Crippen LogP contribution < -0.4 is 46.8 Å². The Morgan fingerprint density at radius 2 is 1.08 bits per heavy atom. The van der Waals surface area contributed by atoms with Gasteiger partial charge in [-0.2, -0.15) is 0 Å². The molecule has 0 fully saturated rings. The summed E-state index contributed by atoms with van der Waals surface area (Å²) in [6.45, 7) is -0.0131. The molecule has 0 aromatic heterocycles. The van der Waals surface area contributed by atoms with Gasteiger partial charge in [0, 0.05) is 17.1 Å². The number of anilines is 3. The molecule has 8 aromatic rings. The monoisotopic (exact) mass is 677 g/mol. The van der Waals surface area contributed by atoms with E-state index in [2.05, 4.69) is 199 Å². The minimum Gasteiger partial charge on any atom is -0.458 e. The lowest BCUT2D eigenvalue weighted by Crippen LogP contribution is -2.73. The summed E-state index contributed by atoms with van der Waals surface area (Å²) >= 11 is 0. The molecule has 8 aromatic carbocycles. The van der Waals surface area contributed by atoms with Crippen LogP contribution in [-0.2, 0) is 0 Å². The molecule has 0 N–H and O–H groups in total. The van der Waals surface area contributed by atoms with Crippen LogP contribution in [0.3, 0.4) is 0 Å². The number of ether oxygens (including phenoxy) is 1. The Balaban J connectivity index is 1.27. The zero-order valence-corrected chi connectivity index (χ0v) is 29.4. The normalized spacial score (nSPS) is 14.0. The first kappa shape index (κ1) is 29.4. The van der Waals surface area contributed by atoms with Crippen LogP contribution in [0.1, 0.15) is 0 Å². The topological polar surface area (TPSA) is 12.5 Å². The van der Waals surface area contributed by atoms with Gasteiger partial charge in [0.1, 0.15) is 11.5 Å². The van der Waals surface area contributed by atoms with Crippen molar-refractivity contribution in [3.05, 3.63) is 194 Å². The van der Waals surface area contributed by atoms with Gasteiger partial charge < -0.3 is 9.64 Å². The second-order valence-corrected chi connectivity index (χ2v) is 17.7. The minimum absolute atomic E-state index is 0.0131. The summed E-state index contributed by atoms with van der Waals surface area (Å²) in [5.41, 5.74) is 12.3. The fraction of sp³-hybridized carbons (Fsp3) is 0. The van der Waals surface area contributed by atoms with E-state index >= 15 is 0 Å². The number of nitrogens with zero attached hydrogens (tertiary/aromatic N) is 1. The Morgan fingerprint density at radius 1 is 0.423 bits per heavy atom. The first-order valence-corrected chi connectivity index (χ1v) is 20.1. The maximum atomic E-state index is 6.82. The molecule has 0 amide bonds. The zero-order chi connectivity index (χ0) is 34.2. The van der Waals surface area contributed by atoms with E-state index in [0.29, 0.717) is 0 Å². The Labute approximate surface area is 305 Å². The van der Waals surface area contributed by atoms with Crippen molar-refractivity contribution in [3.8, 4) is 33.8 Å². The molecule has 2 nitrogen and oxygen atoms in total. The molecule has 0 saturated carbocycles. The fourth-order valence-corrected chi connectivity index (χ4v) is 14.5. The second-order valence-electron chi connectivity index (χ2n) is 14.0. The van der Waals surface area contributed by atoms with Crippen molar-refractivity contribution in [2.24, 2.45) is 0 Å². The standard InChI is InChI=1S/C48H32BNOSi/c1-5-16-33(17-6-1)34-28-29-44-41(30-34)49-40-32-47-39(31-43(40)50(35-18-7-2-8-19-35)42-25-15-26-45(51-44)48(42)49)38-24-13-14-27-46(38)52(47,36-20-9-3-10-21-36)37-22-11-4-12-23-37/h1-32H. The Hall–Kier alpha value is -6.36. The van der Waals surface area contributed by atoms with Crippen LogP contribution in [0.15, 0.2) is 194 Å². The molecule has 0 spiro atoms. The van der Waals surface area contributed by atoms with Gasteiger partial charge >= 0.3 is 0 Å². The van der Waals surface area contributed by atoms with Gasteiger partial charge in [0.2, 0.25) is 0 Å². The van der Waals surface area contributed by atoms with Crippen LogP contribution in [0.4, 0.5) is 17.1 Å². The number of para-hydroxylation sites is 1. The van der Waals surface area contributed by atoms with Crippen LogP contribution in [0, 0.1) is 0 Å². The van der Waals surface area contributed by atoms with Gasteiger partial charge in [-0.15, -0.1) is 0 Å². The van der Waals surface area contributed by atoms with E-state index in [0.717, 1.165) is 22.9 Å². The molecule has 0 aliphatic carbocycles. The molecule has 0 atom stereocenters. The maximum absolute atomic E-state index is 6.82. The number of hydrogen-bond donors (Lipinski definition) is 0. The summed E-state index contributed by atoms with van der Waals surface area (Å²) in [5.74, 6) is 1.85. The largest absolute Gasteiger partial charge is 0.458 e. The third-order valence-corrected chi connectivity index (χ3v) is 16.3. The number of fused-ring (bicyclic) bond motifs is 7. The van der Waals surface area contributed by atoms with Gasteiger partial charge in [0.25, 0.3) is 6.71 Å². The van der Waals surface area contributed by atoms with E-state index in [1.165, 1.54) is 65.1 Å². The molecule has 3 aliphatic rings. The summed E-state index contributed by atoms with van der Waals surface area (Å²) in [4.78, 5) is 2.47. The zero-order valence-electron chi connectivity index (χ0n) is 28.4. The summed E-state index contributed by atoms with van der Waals surface area (Å²) in [6.07, 6.45) is 0. The summed E-state index contributed by atoms with van der Waals surface area (Å²) in [5, 5.41) is 5.71. The van der Waals surface area contributed by atoms with Crippen molar-refractivity contribution in [1.29, 1.82) is 0 Å². The predicted molar refractivity (Wildman–Crippen MR) is 220 cm³/mol. The van der Waals surface area contributed by atoms with Crippen molar-refractivity contribution in [2.75, 3.05) is 4.90 Å². The lowest BCUT2D eigenvalue weighted by Gasteiger charge is -2.41. The molecule has 52 heavy (non-hydrogen) atoms. The highest BCUT2D eigenvalue weighted by molar-refractivity contribution is 7.22. The molecule has 0 unspecified atom stereocenters. The van der Waals surface area contributed by atoms with Crippen LogP contribution in [0.25, 0.3) is 22.3 Å². The maximum Gasteiger partial charge on any atom is 0.256 e. The van der Waals surface area contributed by atoms with Crippen LogP contribution >= 0.6 is 0 Å². The van der Waals surface area contributed by atoms with Crippen molar-refractivity contribution in [1.82, 2.24) is 0 Å². The second kappa shape index (κ2) is 11.3. The molecule has 4 heteroatoms. The summed E-state index contributed by atoms with van der Waals surface area (Å²) < 4.78 is 6.82. The van der Waals surface area contributed by atoms with E-state index in [9.17, 15) is 0 Å². The molecule has 11 rings (SSSR count). The molecule has 0 bridgehead atoms. The van der Waals surface area contributed by atoms with Gasteiger partial charge in [-0.25, -0.2) is 0 Å². The lowest BCUT2D eigenvalue weighted by atomic mass is 9.34. The van der Waals surface area contributed by atoms with Crippen molar-refractivity contribution in [3.63, 3.8) is 0 Å². The quantitative estimate of drug-likeness (QED) is 0.184. The lowest BCUT2D eigenvalue weighted by molar-refractivity contribution is 0.487. The minimum atomic E-state index is -2.72. The van der Waals surface area contributed by atoms with Gasteiger partial charge in [-0.05, 0) is 95.8 Å². The first-order chi connectivity index (χ1) is 25.8. The van der Waals surface area contributed by atoms with E-state index in [-0.39, 0.29) is 6.71 Å². The van der Waals surface area contributed by atoms with Crippen molar-refractivity contribution >= 4 is 69.0 Å². The van der Waals surface area contributed by atoms with E-state index in [1.807, 2.05) is 0 Å². The van der Waals surface area contributed by atoms with Gasteiger partial charge in [0.15, 0.2) is 8.07 Å². The third-order valence-electron chi connectivity index (χ3n) is 11.4. The number of rotatable bonds is 4. The smallest absolute Gasteiger partial charge is 0.256 e. The predicted octanol–water partition coefficient (Wildman–Crippen LogP) is 7.12. The van der Waals surface area contributed by atoms with E-state index in [1.54, 1.807) is 0 Å². The van der Waals surface area contributed by atoms with Crippen LogP contribution in [-0.4, -0.2) is 14.8 Å². The SMILES string of the molecule is c1ccc(-c2ccc3c(c2)B2c4cc5c(cc4N(c4ccccc4)c4cccc(c42)O3)-c2ccccc2[Si]5(c2ccccc2)c2ccccc2)cc1. The molecule has 242 valence electrons. The summed E-state index contributed by atoms with van der Waals surface area (Å²) in [7, 11) is -2.72. The molecule has 0 radical (unpaired) electrons.